The Hall–Kier alpha value is -1.84. The van der Waals surface area contributed by atoms with Gasteiger partial charge in [-0.15, -0.1) is 0 Å². The van der Waals surface area contributed by atoms with Crippen LogP contribution in [0.25, 0.3) is 0 Å². The molecule has 0 unspecified atom stereocenters. The fourth-order valence-electron chi connectivity index (χ4n) is 2.95. The Labute approximate surface area is 125 Å². The second-order valence-electron chi connectivity index (χ2n) is 6.12. The number of aryl methyl sites for hydroxylation is 2. The van der Waals surface area contributed by atoms with Crippen LogP contribution in [0.4, 0.5) is 0 Å². The average molecular weight is 286 g/mol. The summed E-state index contributed by atoms with van der Waals surface area (Å²) in [6.07, 6.45) is 3.50. The summed E-state index contributed by atoms with van der Waals surface area (Å²) in [7, 11) is 0. The summed E-state index contributed by atoms with van der Waals surface area (Å²) in [5, 5.41) is 0. The van der Waals surface area contributed by atoms with Crippen LogP contribution in [0.2, 0.25) is 0 Å². The minimum absolute atomic E-state index is 0.0975. The van der Waals surface area contributed by atoms with Crippen molar-refractivity contribution in [3.05, 3.63) is 35.4 Å². The molecule has 1 aromatic rings. The normalized spacial score (nSPS) is 19.0. The first-order valence-corrected chi connectivity index (χ1v) is 7.76. The van der Waals surface area contributed by atoms with Crippen molar-refractivity contribution in [3.8, 4) is 0 Å². The van der Waals surface area contributed by atoms with Crippen LogP contribution in [-0.4, -0.2) is 47.3 Å². The number of amides is 2. The maximum absolute atomic E-state index is 12.2. The minimum Gasteiger partial charge on any atom is -0.336 e. The van der Waals surface area contributed by atoms with E-state index in [0.717, 1.165) is 19.3 Å². The van der Waals surface area contributed by atoms with Crippen LogP contribution >= 0.6 is 0 Å². The molecule has 1 saturated heterocycles. The minimum atomic E-state index is 0.0975. The van der Waals surface area contributed by atoms with Crippen LogP contribution < -0.4 is 0 Å². The third-order valence-electron chi connectivity index (χ3n) is 4.31. The van der Waals surface area contributed by atoms with E-state index in [1.54, 1.807) is 4.90 Å². The summed E-state index contributed by atoms with van der Waals surface area (Å²) in [5.74, 6) is 0.216. The van der Waals surface area contributed by atoms with Crippen LogP contribution in [-0.2, 0) is 16.0 Å². The van der Waals surface area contributed by atoms with Crippen LogP contribution in [0, 0.1) is 6.92 Å². The number of carbonyl (C=O) groups is 2. The van der Waals surface area contributed by atoms with Crippen LogP contribution in [0.15, 0.2) is 24.3 Å². The summed E-state index contributed by atoms with van der Waals surface area (Å²) in [4.78, 5) is 28.0. The highest BCUT2D eigenvalue weighted by Crippen LogP contribution is 2.28. The van der Waals surface area contributed by atoms with Gasteiger partial charge in [-0.2, -0.15) is 0 Å². The summed E-state index contributed by atoms with van der Waals surface area (Å²) in [6.45, 7) is 3.72. The van der Waals surface area contributed by atoms with Gasteiger partial charge in [0.15, 0.2) is 0 Å². The quantitative estimate of drug-likeness (QED) is 0.846. The summed E-state index contributed by atoms with van der Waals surface area (Å²) in [5.41, 5.74) is 2.40. The molecule has 4 nitrogen and oxygen atoms in total. The van der Waals surface area contributed by atoms with Crippen molar-refractivity contribution in [1.82, 2.24) is 9.80 Å². The van der Waals surface area contributed by atoms with Gasteiger partial charge in [-0.1, -0.05) is 29.8 Å². The molecule has 21 heavy (non-hydrogen) atoms. The van der Waals surface area contributed by atoms with Crippen molar-refractivity contribution in [3.63, 3.8) is 0 Å². The molecule has 1 aromatic carbocycles. The summed E-state index contributed by atoms with van der Waals surface area (Å²) in [6, 6.07) is 8.70. The highest BCUT2D eigenvalue weighted by molar-refractivity contribution is 5.86. The predicted octanol–water partition coefficient (Wildman–Crippen LogP) is 1.76. The molecule has 2 aliphatic rings. The lowest BCUT2D eigenvalue weighted by Gasteiger charge is -2.34. The van der Waals surface area contributed by atoms with Crippen LogP contribution in [0.1, 0.15) is 30.4 Å². The Kier molecular flexibility index (Phi) is 3.95. The fraction of sp³-hybridized carbons (Fsp3) is 0.529. The number of carbonyl (C=O) groups excluding carboxylic acids is 2. The Bertz CT molecular complexity index is 551. The zero-order valence-electron chi connectivity index (χ0n) is 12.5. The molecule has 0 spiro atoms. The van der Waals surface area contributed by atoms with Crippen molar-refractivity contribution in [2.45, 2.75) is 38.6 Å². The summed E-state index contributed by atoms with van der Waals surface area (Å²) >= 11 is 0. The number of hydrogen-bond donors (Lipinski definition) is 0. The molecule has 0 aromatic heterocycles. The molecule has 4 heteroatoms. The van der Waals surface area contributed by atoms with Gasteiger partial charge in [-0.25, -0.2) is 0 Å². The zero-order valence-corrected chi connectivity index (χ0v) is 12.5. The molecule has 1 aliphatic heterocycles. The van der Waals surface area contributed by atoms with E-state index in [1.165, 1.54) is 11.1 Å². The zero-order chi connectivity index (χ0) is 14.8. The maximum atomic E-state index is 12.2. The van der Waals surface area contributed by atoms with E-state index in [0.29, 0.717) is 25.6 Å². The molecule has 0 N–H and O–H groups in total. The first-order chi connectivity index (χ1) is 10.1. The highest BCUT2D eigenvalue weighted by Gasteiger charge is 2.36. The van der Waals surface area contributed by atoms with Gasteiger partial charge < -0.3 is 9.80 Å². The Morgan fingerprint density at radius 3 is 2.76 bits per heavy atom. The molecule has 1 aliphatic carbocycles. The van der Waals surface area contributed by atoms with Crippen LogP contribution in [0.5, 0.6) is 0 Å². The molecule has 112 valence electrons. The molecule has 2 fully saturated rings. The lowest BCUT2D eigenvalue weighted by molar-refractivity contribution is -0.145. The van der Waals surface area contributed by atoms with Gasteiger partial charge in [0.1, 0.15) is 0 Å². The van der Waals surface area contributed by atoms with Crippen LogP contribution in [0.3, 0.4) is 0 Å². The Morgan fingerprint density at radius 1 is 1.29 bits per heavy atom. The molecule has 0 bridgehead atoms. The van der Waals surface area contributed by atoms with Gasteiger partial charge >= 0.3 is 0 Å². The second kappa shape index (κ2) is 5.88. The van der Waals surface area contributed by atoms with E-state index in [9.17, 15) is 9.59 Å². The Morgan fingerprint density at radius 2 is 2.10 bits per heavy atom. The standard InChI is InChI=1S/C17H22N2O2/c1-13-3-2-4-14(11-13)5-8-16(20)18-9-10-19(15-6-7-15)17(21)12-18/h2-4,11,15H,5-10,12H2,1H3. The molecular weight excluding hydrogens is 264 g/mol. The Balaban J connectivity index is 1.50. The smallest absolute Gasteiger partial charge is 0.242 e. The van der Waals surface area contributed by atoms with Gasteiger partial charge in [0.05, 0.1) is 6.54 Å². The predicted molar refractivity (Wildman–Crippen MR) is 80.8 cm³/mol. The molecule has 1 heterocycles. The van der Waals surface area contributed by atoms with Crippen molar-refractivity contribution >= 4 is 11.8 Å². The van der Waals surface area contributed by atoms with Crippen molar-refractivity contribution < 1.29 is 9.59 Å². The van der Waals surface area contributed by atoms with Gasteiger partial charge in [0, 0.05) is 25.6 Å². The number of hydrogen-bond acceptors (Lipinski definition) is 2. The average Bonchev–Trinajstić information content (AvgIpc) is 3.29. The number of piperazine rings is 1. The number of benzene rings is 1. The third-order valence-corrected chi connectivity index (χ3v) is 4.31. The second-order valence-corrected chi connectivity index (χ2v) is 6.12. The molecule has 2 amide bonds. The molecule has 3 rings (SSSR count). The lowest BCUT2D eigenvalue weighted by Crippen LogP contribution is -2.52. The van der Waals surface area contributed by atoms with Gasteiger partial charge in [-0.05, 0) is 31.7 Å². The van der Waals surface area contributed by atoms with E-state index >= 15 is 0 Å². The number of nitrogens with zero attached hydrogens (tertiary/aromatic N) is 2. The van der Waals surface area contributed by atoms with Crippen molar-refractivity contribution in [1.29, 1.82) is 0 Å². The van der Waals surface area contributed by atoms with E-state index in [4.69, 9.17) is 0 Å². The molecule has 0 atom stereocenters. The van der Waals surface area contributed by atoms with E-state index in [-0.39, 0.29) is 18.4 Å². The molecule has 1 saturated carbocycles. The third kappa shape index (κ3) is 3.43. The molecular formula is C17H22N2O2. The summed E-state index contributed by atoms with van der Waals surface area (Å²) < 4.78 is 0. The van der Waals surface area contributed by atoms with Gasteiger partial charge in [0.2, 0.25) is 11.8 Å². The monoisotopic (exact) mass is 286 g/mol. The SMILES string of the molecule is Cc1cccc(CCC(=O)N2CCN(C3CC3)C(=O)C2)c1. The largest absolute Gasteiger partial charge is 0.336 e. The number of rotatable bonds is 4. The topological polar surface area (TPSA) is 40.6 Å². The first kappa shape index (κ1) is 14.1. The van der Waals surface area contributed by atoms with E-state index < -0.39 is 0 Å². The molecule has 0 radical (unpaired) electrons. The maximum Gasteiger partial charge on any atom is 0.242 e. The van der Waals surface area contributed by atoms with Crippen molar-refractivity contribution in [2.24, 2.45) is 0 Å². The van der Waals surface area contributed by atoms with E-state index in [2.05, 4.69) is 25.1 Å². The first-order valence-electron chi connectivity index (χ1n) is 7.76. The fourth-order valence-corrected chi connectivity index (χ4v) is 2.95. The van der Waals surface area contributed by atoms with E-state index in [1.807, 2.05) is 11.0 Å². The van der Waals surface area contributed by atoms with Crippen molar-refractivity contribution in [2.75, 3.05) is 19.6 Å². The van der Waals surface area contributed by atoms with Gasteiger partial charge in [-0.3, -0.25) is 9.59 Å². The highest BCUT2D eigenvalue weighted by atomic mass is 16.2. The van der Waals surface area contributed by atoms with Gasteiger partial charge in [0.25, 0.3) is 0 Å². The lowest BCUT2D eigenvalue weighted by atomic mass is 10.1.